The summed E-state index contributed by atoms with van der Waals surface area (Å²) in [4.78, 5) is 4.87. The zero-order chi connectivity index (χ0) is 43.3. The van der Waals surface area contributed by atoms with Crippen molar-refractivity contribution in [2.45, 2.75) is 12.3 Å². The number of fused-ring (bicyclic) bond motifs is 16. The van der Waals surface area contributed by atoms with Gasteiger partial charge in [0.15, 0.2) is 7.05 Å². The number of rotatable bonds is 3. The average molecular weight is 832 g/mol. The summed E-state index contributed by atoms with van der Waals surface area (Å²) < 4.78 is 6.58. The van der Waals surface area contributed by atoms with E-state index in [9.17, 15) is 0 Å². The fourth-order valence-electron chi connectivity index (χ4n) is 12.2. The highest BCUT2D eigenvalue weighted by molar-refractivity contribution is 6.21. The van der Waals surface area contributed by atoms with Crippen molar-refractivity contribution in [1.82, 2.24) is 14.2 Å². The van der Waals surface area contributed by atoms with Gasteiger partial charge in [-0.3, -0.25) is 0 Å². The zero-order valence-electron chi connectivity index (χ0n) is 36.7. The van der Waals surface area contributed by atoms with Crippen LogP contribution in [0.1, 0.15) is 28.1 Å². The second-order valence-electron chi connectivity index (χ2n) is 18.3. The van der Waals surface area contributed by atoms with E-state index in [4.69, 9.17) is 4.98 Å². The quantitative estimate of drug-likeness (QED) is 0.129. The third-order valence-electron chi connectivity index (χ3n) is 15.2. The molecular weight excluding hydrogens is 789 g/mol. The van der Waals surface area contributed by atoms with Gasteiger partial charge in [-0.05, 0) is 147 Å². The predicted octanol–water partition coefficient (Wildman–Crippen LogP) is 14.0. The lowest BCUT2D eigenvalue weighted by molar-refractivity contribution is -0.748. The number of hydrogen-bond donors (Lipinski definition) is 0. The SMILES string of the molecule is Cc1nc2ccc(-c3cccc4c(-c5cccc6c5-c5ccccc5C65c6ccccc6-c6ccc7ccccc7c65)c5cccc(-c6ccc7c[n+](C)n(C)c7c6)c5cc34)cc2n1C. The normalized spacial score (nSPS) is 14.8. The summed E-state index contributed by atoms with van der Waals surface area (Å²) in [7, 11) is 6.36. The molecule has 0 N–H and O–H groups in total. The summed E-state index contributed by atoms with van der Waals surface area (Å²) in [5, 5.41) is 8.75. The van der Waals surface area contributed by atoms with Crippen molar-refractivity contribution >= 4 is 54.3 Å². The Bertz CT molecular complexity index is 3920. The van der Waals surface area contributed by atoms with Crippen molar-refractivity contribution in [2.75, 3.05) is 0 Å². The van der Waals surface area contributed by atoms with E-state index in [-0.39, 0.29) is 0 Å². The Hall–Kier alpha value is -8.08. The molecule has 2 heterocycles. The number of imidazole rings is 1. The van der Waals surface area contributed by atoms with E-state index in [1.807, 2.05) is 0 Å². The monoisotopic (exact) mass is 831 g/mol. The summed E-state index contributed by atoms with van der Waals surface area (Å²) in [5.41, 5.74) is 20.9. The lowest BCUT2D eigenvalue weighted by Gasteiger charge is -2.31. The van der Waals surface area contributed by atoms with E-state index in [0.29, 0.717) is 0 Å². The molecule has 14 rings (SSSR count). The molecule has 1 spiro atoms. The maximum atomic E-state index is 4.87. The van der Waals surface area contributed by atoms with Gasteiger partial charge in [0.2, 0.25) is 6.20 Å². The Morgan fingerprint density at radius 3 is 1.82 bits per heavy atom. The molecule has 0 amide bonds. The number of benzene rings is 10. The molecule has 0 aliphatic heterocycles. The van der Waals surface area contributed by atoms with Gasteiger partial charge in [0.1, 0.15) is 11.3 Å². The van der Waals surface area contributed by atoms with E-state index in [1.54, 1.807) is 0 Å². The molecule has 1 atom stereocenters. The van der Waals surface area contributed by atoms with Gasteiger partial charge in [-0.1, -0.05) is 152 Å². The van der Waals surface area contributed by atoms with Gasteiger partial charge in [-0.25, -0.2) is 4.98 Å². The van der Waals surface area contributed by atoms with Crippen LogP contribution < -0.4 is 4.68 Å². The molecule has 4 nitrogen and oxygen atoms in total. The molecule has 0 fully saturated rings. The van der Waals surface area contributed by atoms with E-state index in [2.05, 4.69) is 230 Å². The van der Waals surface area contributed by atoms with Crippen molar-refractivity contribution in [1.29, 1.82) is 0 Å². The molecule has 2 aromatic heterocycles. The first-order chi connectivity index (χ1) is 31.9. The largest absolute Gasteiger partial charge is 0.331 e. The highest BCUT2D eigenvalue weighted by Gasteiger charge is 2.53. The molecule has 10 aromatic carbocycles. The zero-order valence-corrected chi connectivity index (χ0v) is 36.7. The summed E-state index contributed by atoms with van der Waals surface area (Å²) >= 11 is 0. The number of aryl methyl sites for hydroxylation is 4. The second-order valence-corrected chi connectivity index (χ2v) is 18.3. The van der Waals surface area contributed by atoms with Crippen LogP contribution in [0.3, 0.4) is 0 Å². The highest BCUT2D eigenvalue weighted by atomic mass is 15.4. The Kier molecular flexibility index (Phi) is 7.28. The van der Waals surface area contributed by atoms with Crippen molar-refractivity contribution in [3.63, 3.8) is 0 Å². The molecule has 0 saturated heterocycles. The van der Waals surface area contributed by atoms with Crippen LogP contribution in [0.4, 0.5) is 0 Å². The summed E-state index contributed by atoms with van der Waals surface area (Å²) in [5.74, 6) is 1.01. The maximum Gasteiger partial charge on any atom is 0.203 e. The summed E-state index contributed by atoms with van der Waals surface area (Å²) in [6.45, 7) is 2.08. The van der Waals surface area contributed by atoms with Crippen molar-refractivity contribution < 1.29 is 4.68 Å². The lowest BCUT2D eigenvalue weighted by Crippen LogP contribution is -2.35. The van der Waals surface area contributed by atoms with Gasteiger partial charge in [-0.2, -0.15) is 4.68 Å². The molecule has 1 unspecified atom stereocenters. The molecule has 2 aliphatic rings. The Morgan fingerprint density at radius 2 is 1.03 bits per heavy atom. The first-order valence-corrected chi connectivity index (χ1v) is 22.6. The predicted molar refractivity (Wildman–Crippen MR) is 268 cm³/mol. The molecule has 4 heteroatoms. The Labute approximate surface area is 376 Å². The van der Waals surface area contributed by atoms with Gasteiger partial charge in [0, 0.05) is 7.05 Å². The van der Waals surface area contributed by atoms with Gasteiger partial charge in [-0.15, -0.1) is 4.68 Å². The molecule has 0 saturated carbocycles. The lowest BCUT2D eigenvalue weighted by atomic mass is 9.69. The minimum atomic E-state index is -0.497. The highest BCUT2D eigenvalue weighted by Crippen LogP contribution is 2.65. The van der Waals surface area contributed by atoms with Gasteiger partial charge < -0.3 is 4.57 Å². The van der Waals surface area contributed by atoms with Gasteiger partial charge in [0.05, 0.1) is 28.9 Å². The number of hydrogen-bond acceptors (Lipinski definition) is 1. The standard InChI is InChI=1S/C61H43N4/c1-36-62-55-31-29-39(33-57(55)64(36)3)42-19-12-21-46-51(42)34-50-41(38-26-27-40-35-63(2)65(4)56(40)32-38)18-11-20-45(50)58(46)49-22-13-25-54-59(49)48-17-8-10-24-53(48)61(54)52-23-9-7-16-44(52)47-30-28-37-14-5-6-15-43(37)60(47)61/h5-35H,1-4H3/q+1. The van der Waals surface area contributed by atoms with Crippen LogP contribution in [0, 0.1) is 6.92 Å². The molecule has 65 heavy (non-hydrogen) atoms. The number of aromatic nitrogens is 4. The van der Waals surface area contributed by atoms with Crippen LogP contribution >= 0.6 is 0 Å². The Morgan fingerprint density at radius 1 is 0.446 bits per heavy atom. The van der Waals surface area contributed by atoms with Crippen LogP contribution in [0.25, 0.3) is 110 Å². The third kappa shape index (κ3) is 4.70. The fraction of sp³-hybridized carbons (Fsp3) is 0.0820. The molecular formula is C61H43N4+. The molecule has 306 valence electrons. The van der Waals surface area contributed by atoms with E-state index in [0.717, 1.165) is 16.9 Å². The minimum absolute atomic E-state index is 0.497. The average Bonchev–Trinajstić information content (AvgIpc) is 4.03. The minimum Gasteiger partial charge on any atom is -0.331 e. The molecule has 0 bridgehead atoms. The van der Waals surface area contributed by atoms with Crippen molar-refractivity contribution in [3.05, 3.63) is 216 Å². The van der Waals surface area contributed by atoms with E-state index in [1.165, 1.54) is 121 Å². The van der Waals surface area contributed by atoms with Crippen molar-refractivity contribution in [3.8, 4) is 55.6 Å². The van der Waals surface area contributed by atoms with E-state index >= 15 is 0 Å². The first-order valence-electron chi connectivity index (χ1n) is 22.6. The fourth-order valence-corrected chi connectivity index (χ4v) is 12.2. The van der Waals surface area contributed by atoms with Crippen molar-refractivity contribution in [2.24, 2.45) is 21.1 Å². The van der Waals surface area contributed by atoms with Crippen LogP contribution in [0.2, 0.25) is 0 Å². The third-order valence-corrected chi connectivity index (χ3v) is 15.2. The molecule has 12 aromatic rings. The van der Waals surface area contributed by atoms with E-state index < -0.39 is 5.41 Å². The second kappa shape index (κ2) is 13.0. The maximum absolute atomic E-state index is 4.87. The number of nitrogens with zero attached hydrogens (tertiary/aromatic N) is 4. The molecule has 2 aliphatic carbocycles. The van der Waals surface area contributed by atoms with Crippen LogP contribution in [0.5, 0.6) is 0 Å². The topological polar surface area (TPSA) is 26.6 Å². The van der Waals surface area contributed by atoms with Gasteiger partial charge in [0.25, 0.3) is 0 Å². The first kappa shape index (κ1) is 36.4. The van der Waals surface area contributed by atoms with Crippen LogP contribution in [0.15, 0.2) is 188 Å². The summed E-state index contributed by atoms with van der Waals surface area (Å²) in [6, 6.07) is 69.2. The smallest absolute Gasteiger partial charge is 0.203 e. The van der Waals surface area contributed by atoms with Gasteiger partial charge >= 0.3 is 0 Å². The molecule has 0 radical (unpaired) electrons. The Balaban J connectivity index is 1.13. The van der Waals surface area contributed by atoms with Crippen LogP contribution in [-0.2, 0) is 26.6 Å². The summed E-state index contributed by atoms with van der Waals surface area (Å²) in [6.07, 6.45) is 2.20. The van der Waals surface area contributed by atoms with Crippen LogP contribution in [-0.4, -0.2) is 14.2 Å².